The third-order valence-corrected chi connectivity index (χ3v) is 18.0. The molecule has 0 rings (SSSR count). The minimum absolute atomic E-state index is 0.180. The van der Waals surface area contributed by atoms with Crippen LogP contribution in [0.4, 0.5) is 0 Å². The molecule has 0 bridgehead atoms. The fraction of sp³-hybridized carbons (Fsp3) is 0.761. The highest BCUT2D eigenvalue weighted by Gasteiger charge is 2.25. The van der Waals surface area contributed by atoms with Crippen molar-refractivity contribution >= 4 is 17.9 Å². The summed E-state index contributed by atoms with van der Waals surface area (Å²) in [4.78, 5) is 37.8. The number of ether oxygens (including phenoxy) is 4. The van der Waals surface area contributed by atoms with Crippen molar-refractivity contribution in [3.63, 3.8) is 0 Å². The molecule has 0 aromatic heterocycles. The van der Waals surface area contributed by atoms with E-state index < -0.39 is 18.4 Å². The van der Waals surface area contributed by atoms with Gasteiger partial charge < -0.3 is 28.5 Å². The predicted molar refractivity (Wildman–Crippen MR) is 419 cm³/mol. The van der Waals surface area contributed by atoms with E-state index in [1.807, 2.05) is 21.1 Å². The number of carboxylic acid groups (broad SMARTS) is 1. The highest BCUT2D eigenvalue weighted by molar-refractivity contribution is 5.71. The first-order valence-corrected chi connectivity index (χ1v) is 41.1. The average Bonchev–Trinajstić information content (AvgIpc) is 3.74. The van der Waals surface area contributed by atoms with E-state index >= 15 is 0 Å². The predicted octanol–water partition coefficient (Wildman–Crippen LogP) is 26.5. The second-order valence-corrected chi connectivity index (χ2v) is 28.7. The van der Waals surface area contributed by atoms with Crippen molar-refractivity contribution in [1.29, 1.82) is 0 Å². The molecule has 9 nitrogen and oxygen atoms in total. The number of carboxylic acids is 1. The zero-order valence-electron chi connectivity index (χ0n) is 64.2. The largest absolute Gasteiger partial charge is 0.477 e. The molecule has 560 valence electrons. The van der Waals surface area contributed by atoms with Gasteiger partial charge in [-0.05, 0) is 96.3 Å². The average molecular weight is 1360 g/mol. The van der Waals surface area contributed by atoms with Gasteiger partial charge in [-0.2, -0.15) is 0 Å². The Balaban J connectivity index is 3.97. The number of aliphatic carboxylic acids is 1. The summed E-state index contributed by atoms with van der Waals surface area (Å²) in [6.45, 7) is 4.70. The van der Waals surface area contributed by atoms with Crippen LogP contribution in [0.3, 0.4) is 0 Å². The monoisotopic (exact) mass is 1360 g/mol. The zero-order valence-corrected chi connectivity index (χ0v) is 64.2. The lowest BCUT2D eigenvalue weighted by Gasteiger charge is -2.25. The molecule has 0 amide bonds. The molecule has 2 atom stereocenters. The Bertz CT molecular complexity index is 1970. The normalized spacial score (nSPS) is 13.2. The van der Waals surface area contributed by atoms with Crippen LogP contribution < -0.4 is 0 Å². The summed E-state index contributed by atoms with van der Waals surface area (Å²) in [6, 6.07) is 0. The fourth-order valence-electron chi connectivity index (χ4n) is 11.9. The molecule has 0 aromatic carbocycles. The molecule has 0 aliphatic rings. The highest BCUT2D eigenvalue weighted by Crippen LogP contribution is 2.19. The number of carbonyl (C=O) groups is 3. The van der Waals surface area contributed by atoms with Gasteiger partial charge >= 0.3 is 17.9 Å². The number of hydrogen-bond donors (Lipinski definition) is 1. The maximum Gasteiger partial charge on any atom is 0.361 e. The van der Waals surface area contributed by atoms with E-state index in [2.05, 4.69) is 123 Å². The lowest BCUT2D eigenvalue weighted by atomic mass is 10.0. The molecule has 2 unspecified atom stereocenters. The van der Waals surface area contributed by atoms with E-state index in [0.29, 0.717) is 17.4 Å². The maximum atomic E-state index is 13.0. The Kier molecular flexibility index (Phi) is 74.4. The number of unbranched alkanes of at least 4 members (excludes halogenated alkanes) is 43. The van der Waals surface area contributed by atoms with Gasteiger partial charge in [0, 0.05) is 12.8 Å². The summed E-state index contributed by atoms with van der Waals surface area (Å²) in [5.41, 5.74) is 0. The minimum atomic E-state index is -1.51. The van der Waals surface area contributed by atoms with Crippen molar-refractivity contribution in [3.8, 4) is 0 Å². The van der Waals surface area contributed by atoms with Crippen LogP contribution in [0.1, 0.15) is 373 Å². The maximum absolute atomic E-state index is 13.0. The summed E-state index contributed by atoms with van der Waals surface area (Å²) >= 11 is 0. The molecule has 0 saturated carbocycles. The first-order valence-electron chi connectivity index (χ1n) is 41.1. The smallest absolute Gasteiger partial charge is 0.361 e. The van der Waals surface area contributed by atoms with E-state index in [1.54, 1.807) is 0 Å². The zero-order chi connectivity index (χ0) is 70.4. The molecule has 0 saturated heterocycles. The molecule has 9 heteroatoms. The standard InChI is InChI=1S/C88H155NO8/c1-6-8-10-12-14-16-18-20-22-24-26-28-30-32-34-36-38-40-42-43-45-46-48-50-52-54-56-58-60-62-64-66-68-70-72-74-76-78-85(90)95-82-84(83-96-88(87(92)93)94-81-80-89(3,4)5)97-86(91)79-77-75-73-71-69-67-65-63-61-59-57-55-53-51-49-47-44-41-39-37-35-33-31-29-27-25-23-21-19-17-15-13-11-9-7-2/h8-11,14-17,20-23,26-29,33,35,84,88H,6-7,12-13,18-19,24-25,30-32,34,36-83H2,1-5H3/p+1/b10-8-,11-9-,16-14-,17-15-,22-20-,23-21-,28-26-,29-27-,35-33-. The van der Waals surface area contributed by atoms with E-state index in [0.717, 1.165) is 96.3 Å². The number of carbonyl (C=O) groups excluding carboxylic acids is 2. The van der Waals surface area contributed by atoms with Gasteiger partial charge in [0.25, 0.3) is 6.29 Å². The van der Waals surface area contributed by atoms with Crippen LogP contribution in [-0.4, -0.2) is 87.4 Å². The van der Waals surface area contributed by atoms with Crippen LogP contribution in [-0.2, 0) is 33.3 Å². The third kappa shape index (κ3) is 79.2. The van der Waals surface area contributed by atoms with Gasteiger partial charge in [0.2, 0.25) is 0 Å². The van der Waals surface area contributed by atoms with Crippen LogP contribution in [0.15, 0.2) is 109 Å². The van der Waals surface area contributed by atoms with Crippen molar-refractivity contribution in [2.45, 2.75) is 386 Å². The van der Waals surface area contributed by atoms with Crippen LogP contribution in [0.5, 0.6) is 0 Å². The topological polar surface area (TPSA) is 108 Å². The van der Waals surface area contributed by atoms with Gasteiger partial charge in [-0.3, -0.25) is 9.59 Å². The lowest BCUT2D eigenvalue weighted by Crippen LogP contribution is -2.40. The Labute approximate surface area is 600 Å². The summed E-state index contributed by atoms with van der Waals surface area (Å²) < 4.78 is 23.1. The van der Waals surface area contributed by atoms with Gasteiger partial charge in [-0.15, -0.1) is 0 Å². The van der Waals surface area contributed by atoms with Crippen LogP contribution in [0, 0.1) is 0 Å². The number of esters is 2. The Hall–Kier alpha value is -4.05. The van der Waals surface area contributed by atoms with Gasteiger partial charge in [0.1, 0.15) is 13.2 Å². The number of hydrogen-bond acceptors (Lipinski definition) is 7. The van der Waals surface area contributed by atoms with Crippen LogP contribution >= 0.6 is 0 Å². The van der Waals surface area contributed by atoms with Crippen molar-refractivity contribution in [2.75, 3.05) is 47.5 Å². The van der Waals surface area contributed by atoms with Crippen molar-refractivity contribution in [2.24, 2.45) is 0 Å². The van der Waals surface area contributed by atoms with Crippen LogP contribution in [0.25, 0.3) is 0 Å². The minimum Gasteiger partial charge on any atom is -0.477 e. The molecular weight excluding hydrogens is 1200 g/mol. The fourth-order valence-corrected chi connectivity index (χ4v) is 11.9. The molecule has 0 aliphatic carbocycles. The van der Waals surface area contributed by atoms with E-state index in [1.165, 1.54) is 250 Å². The van der Waals surface area contributed by atoms with E-state index in [9.17, 15) is 19.5 Å². The van der Waals surface area contributed by atoms with Crippen molar-refractivity contribution in [1.82, 2.24) is 0 Å². The number of allylic oxidation sites excluding steroid dienone is 18. The molecule has 0 aromatic rings. The molecule has 97 heavy (non-hydrogen) atoms. The van der Waals surface area contributed by atoms with Gasteiger partial charge in [-0.1, -0.05) is 374 Å². The second-order valence-electron chi connectivity index (χ2n) is 28.7. The van der Waals surface area contributed by atoms with Crippen molar-refractivity contribution < 1.29 is 42.9 Å². The number of quaternary nitrogens is 1. The molecular formula is C88H156NO8+. The highest BCUT2D eigenvalue weighted by atomic mass is 16.7. The van der Waals surface area contributed by atoms with E-state index in [-0.39, 0.29) is 38.2 Å². The number of likely N-dealkylation sites (N-methyl/N-ethyl adjacent to an activating group) is 1. The Morgan fingerprint density at radius 2 is 0.557 bits per heavy atom. The second kappa shape index (κ2) is 77.7. The summed E-state index contributed by atoms with van der Waals surface area (Å²) in [6.07, 6.45) is 107. The lowest BCUT2D eigenvalue weighted by molar-refractivity contribution is -0.870. The third-order valence-electron chi connectivity index (χ3n) is 18.0. The molecule has 0 fully saturated rings. The molecule has 0 heterocycles. The molecule has 0 spiro atoms. The van der Waals surface area contributed by atoms with Gasteiger partial charge in [0.05, 0.1) is 34.4 Å². The summed E-state index contributed by atoms with van der Waals surface area (Å²) in [5, 5.41) is 9.78. The Morgan fingerprint density at radius 3 is 0.825 bits per heavy atom. The first kappa shape index (κ1) is 93.0. The molecule has 1 N–H and O–H groups in total. The number of rotatable bonds is 76. The first-order chi connectivity index (χ1) is 47.6. The molecule has 0 radical (unpaired) electrons. The summed E-state index contributed by atoms with van der Waals surface area (Å²) in [7, 11) is 5.99. The summed E-state index contributed by atoms with van der Waals surface area (Å²) in [5.74, 6) is -1.98. The Morgan fingerprint density at radius 1 is 0.309 bits per heavy atom. The SMILES string of the molecule is CC/C=C\C/C=C\C/C=C\C/C=C\C/C=C\CCCCCCCCCCCCCCCCCCCCCC(=O)OC(COC(=O)CCCCCCCCCCCCCCCCCCCCCCCCCC/C=C\C/C=C\C/C=C\C/C=C\CC)COC(OCC[N+](C)(C)C)C(=O)O. The van der Waals surface area contributed by atoms with Crippen molar-refractivity contribution in [3.05, 3.63) is 109 Å². The van der Waals surface area contributed by atoms with Crippen LogP contribution in [0.2, 0.25) is 0 Å². The van der Waals surface area contributed by atoms with Gasteiger partial charge in [-0.25, -0.2) is 4.79 Å². The number of nitrogens with zero attached hydrogens (tertiary/aromatic N) is 1. The quantitative estimate of drug-likeness (QED) is 0.0211. The van der Waals surface area contributed by atoms with Gasteiger partial charge in [0.15, 0.2) is 6.10 Å². The molecule has 0 aliphatic heterocycles. The van der Waals surface area contributed by atoms with E-state index in [4.69, 9.17) is 18.9 Å².